The molecule has 0 spiro atoms. The number of nitrogens with zero attached hydrogens (tertiary/aromatic N) is 2. The molecule has 2 rings (SSSR count). The first-order valence-corrected chi connectivity index (χ1v) is 6.44. The number of aromatic nitrogens is 2. The first-order chi connectivity index (χ1) is 7.63. The van der Waals surface area contributed by atoms with Crippen molar-refractivity contribution in [2.45, 2.75) is 39.2 Å². The van der Waals surface area contributed by atoms with E-state index in [2.05, 4.69) is 29.9 Å². The van der Waals surface area contributed by atoms with E-state index in [-0.39, 0.29) is 12.0 Å². The summed E-state index contributed by atoms with van der Waals surface area (Å²) in [4.78, 5) is 11.1. The Morgan fingerprint density at radius 3 is 2.75 bits per heavy atom. The molecule has 0 saturated carbocycles. The van der Waals surface area contributed by atoms with Crippen molar-refractivity contribution in [1.82, 2.24) is 9.97 Å². The smallest absolute Gasteiger partial charge is 0.127 e. The molecule has 86 valence electrons. The minimum Gasteiger partial charge on any atom is -0.327 e. The van der Waals surface area contributed by atoms with E-state index in [1.807, 2.05) is 6.92 Å². The molecular formula is C12H17N3S. The number of hydrogen-bond acceptors (Lipinski definition) is 4. The fraction of sp³-hybridized carbons (Fsp3) is 0.500. The van der Waals surface area contributed by atoms with Crippen molar-refractivity contribution in [3.63, 3.8) is 0 Å². The summed E-state index contributed by atoms with van der Waals surface area (Å²) < 4.78 is 0. The van der Waals surface area contributed by atoms with E-state index in [4.69, 9.17) is 5.73 Å². The molecule has 2 N–H and O–H groups in total. The molecular weight excluding hydrogens is 218 g/mol. The highest BCUT2D eigenvalue weighted by atomic mass is 32.1. The molecule has 2 atom stereocenters. The van der Waals surface area contributed by atoms with Crippen molar-refractivity contribution < 1.29 is 0 Å². The highest BCUT2D eigenvalue weighted by Gasteiger charge is 2.16. The third-order valence-electron chi connectivity index (χ3n) is 2.98. The van der Waals surface area contributed by atoms with Crippen LogP contribution in [-0.2, 0) is 6.42 Å². The Kier molecular flexibility index (Phi) is 3.21. The van der Waals surface area contributed by atoms with E-state index in [1.165, 1.54) is 10.3 Å². The lowest BCUT2D eigenvalue weighted by atomic mass is 9.98. The standard InChI is InChI=1S/C12H17N3S/c1-4-9-5-10-11(7(2)8(3)13)14-6-15-12(10)16-9/h5-8H,4,13H2,1-3H3. The van der Waals surface area contributed by atoms with E-state index >= 15 is 0 Å². The van der Waals surface area contributed by atoms with Crippen LogP contribution >= 0.6 is 11.3 Å². The fourth-order valence-electron chi connectivity index (χ4n) is 1.71. The quantitative estimate of drug-likeness (QED) is 0.890. The van der Waals surface area contributed by atoms with E-state index in [0.717, 1.165) is 16.9 Å². The molecule has 2 aromatic heterocycles. The summed E-state index contributed by atoms with van der Waals surface area (Å²) in [6.45, 7) is 6.30. The number of thiophene rings is 1. The van der Waals surface area contributed by atoms with Gasteiger partial charge in [-0.1, -0.05) is 13.8 Å². The zero-order valence-electron chi connectivity index (χ0n) is 9.90. The van der Waals surface area contributed by atoms with Gasteiger partial charge >= 0.3 is 0 Å². The average Bonchev–Trinajstić information content (AvgIpc) is 2.70. The zero-order valence-corrected chi connectivity index (χ0v) is 10.7. The highest BCUT2D eigenvalue weighted by molar-refractivity contribution is 7.18. The number of hydrogen-bond donors (Lipinski definition) is 1. The Labute approximate surface area is 99.7 Å². The second kappa shape index (κ2) is 4.47. The molecule has 0 amide bonds. The molecule has 0 fully saturated rings. The van der Waals surface area contributed by atoms with Crippen LogP contribution in [0.25, 0.3) is 10.2 Å². The molecule has 4 heteroatoms. The van der Waals surface area contributed by atoms with Crippen LogP contribution in [0.5, 0.6) is 0 Å². The van der Waals surface area contributed by atoms with E-state index in [1.54, 1.807) is 17.7 Å². The lowest BCUT2D eigenvalue weighted by Crippen LogP contribution is -2.23. The third-order valence-corrected chi connectivity index (χ3v) is 4.17. The second-order valence-corrected chi connectivity index (χ2v) is 5.31. The van der Waals surface area contributed by atoms with Gasteiger partial charge in [0.1, 0.15) is 11.2 Å². The van der Waals surface area contributed by atoms with Gasteiger partial charge < -0.3 is 5.73 Å². The van der Waals surface area contributed by atoms with Gasteiger partial charge in [-0.25, -0.2) is 9.97 Å². The van der Waals surface area contributed by atoms with E-state index in [0.29, 0.717) is 0 Å². The molecule has 2 heterocycles. The minimum atomic E-state index is 0.114. The molecule has 0 aliphatic rings. The molecule has 16 heavy (non-hydrogen) atoms. The SMILES string of the molecule is CCc1cc2c(C(C)C(C)N)ncnc2s1. The molecule has 0 radical (unpaired) electrons. The van der Waals surface area contributed by atoms with Gasteiger partial charge in [-0.2, -0.15) is 0 Å². The van der Waals surface area contributed by atoms with Crippen LogP contribution < -0.4 is 5.73 Å². The molecule has 0 aliphatic heterocycles. The van der Waals surface area contributed by atoms with Crippen molar-refractivity contribution in [2.24, 2.45) is 5.73 Å². The summed E-state index contributed by atoms with van der Waals surface area (Å²) in [5, 5.41) is 1.18. The molecule has 3 nitrogen and oxygen atoms in total. The maximum absolute atomic E-state index is 5.94. The van der Waals surface area contributed by atoms with Gasteiger partial charge in [0.2, 0.25) is 0 Å². The Hall–Kier alpha value is -1.00. The minimum absolute atomic E-state index is 0.114. The number of nitrogens with two attached hydrogens (primary N) is 1. The fourth-order valence-corrected chi connectivity index (χ4v) is 2.65. The van der Waals surface area contributed by atoms with Gasteiger partial charge in [-0.3, -0.25) is 0 Å². The monoisotopic (exact) mass is 235 g/mol. The summed E-state index contributed by atoms with van der Waals surface area (Å²) >= 11 is 1.75. The molecule has 0 bridgehead atoms. The predicted molar refractivity (Wildman–Crippen MR) is 68.9 cm³/mol. The zero-order chi connectivity index (χ0) is 11.7. The Bertz CT molecular complexity index is 490. The van der Waals surface area contributed by atoms with Crippen LogP contribution in [0.15, 0.2) is 12.4 Å². The lowest BCUT2D eigenvalue weighted by Gasteiger charge is -2.15. The maximum atomic E-state index is 5.94. The van der Waals surface area contributed by atoms with Gasteiger partial charge in [0.05, 0.1) is 5.69 Å². The van der Waals surface area contributed by atoms with Gasteiger partial charge in [-0.15, -0.1) is 11.3 Å². The van der Waals surface area contributed by atoms with Crippen molar-refractivity contribution >= 4 is 21.6 Å². The van der Waals surface area contributed by atoms with Crippen LogP contribution in [-0.4, -0.2) is 16.0 Å². The molecule has 2 aromatic rings. The highest BCUT2D eigenvalue weighted by Crippen LogP contribution is 2.30. The molecule has 0 aromatic carbocycles. The molecule has 2 unspecified atom stereocenters. The normalized spacial score (nSPS) is 15.2. The topological polar surface area (TPSA) is 51.8 Å². The summed E-state index contributed by atoms with van der Waals surface area (Å²) in [7, 11) is 0. The molecule has 0 aliphatic carbocycles. The summed E-state index contributed by atoms with van der Waals surface area (Å²) in [6, 6.07) is 2.32. The Balaban J connectivity index is 2.56. The average molecular weight is 235 g/mol. The lowest BCUT2D eigenvalue weighted by molar-refractivity contribution is 0.602. The van der Waals surface area contributed by atoms with Crippen molar-refractivity contribution in [3.05, 3.63) is 23.0 Å². The maximum Gasteiger partial charge on any atom is 0.127 e. The number of fused-ring (bicyclic) bond motifs is 1. The largest absolute Gasteiger partial charge is 0.327 e. The van der Waals surface area contributed by atoms with Crippen LogP contribution in [0.3, 0.4) is 0 Å². The summed E-state index contributed by atoms with van der Waals surface area (Å²) in [5.41, 5.74) is 7.02. The van der Waals surface area contributed by atoms with Crippen LogP contribution in [0.2, 0.25) is 0 Å². The van der Waals surface area contributed by atoms with Crippen molar-refractivity contribution in [2.75, 3.05) is 0 Å². The van der Waals surface area contributed by atoms with Gasteiger partial charge in [0.25, 0.3) is 0 Å². The summed E-state index contributed by atoms with van der Waals surface area (Å²) in [5.74, 6) is 0.268. The number of aryl methyl sites for hydroxylation is 1. The van der Waals surface area contributed by atoms with E-state index < -0.39 is 0 Å². The first-order valence-electron chi connectivity index (χ1n) is 5.62. The van der Waals surface area contributed by atoms with Crippen LogP contribution in [0, 0.1) is 0 Å². The van der Waals surface area contributed by atoms with Gasteiger partial charge in [-0.05, 0) is 19.4 Å². The summed E-state index contributed by atoms with van der Waals surface area (Å²) in [6.07, 6.45) is 2.69. The predicted octanol–water partition coefficient (Wildman–Crippen LogP) is 2.70. The first kappa shape index (κ1) is 11.5. The van der Waals surface area contributed by atoms with Crippen molar-refractivity contribution in [1.29, 1.82) is 0 Å². The van der Waals surface area contributed by atoms with Crippen LogP contribution in [0.4, 0.5) is 0 Å². The Morgan fingerprint density at radius 2 is 2.12 bits per heavy atom. The van der Waals surface area contributed by atoms with Gasteiger partial charge in [0.15, 0.2) is 0 Å². The van der Waals surface area contributed by atoms with Crippen LogP contribution in [0.1, 0.15) is 37.3 Å². The number of rotatable bonds is 3. The van der Waals surface area contributed by atoms with Crippen molar-refractivity contribution in [3.8, 4) is 0 Å². The van der Waals surface area contributed by atoms with Gasteiger partial charge in [0, 0.05) is 22.2 Å². The molecule has 0 saturated heterocycles. The second-order valence-electron chi connectivity index (χ2n) is 4.19. The Morgan fingerprint density at radius 1 is 1.38 bits per heavy atom. The third kappa shape index (κ3) is 1.95. The van der Waals surface area contributed by atoms with E-state index in [9.17, 15) is 0 Å².